The van der Waals surface area contributed by atoms with Crippen LogP contribution >= 0.6 is 11.3 Å². The molecule has 2 aromatic rings. The SMILES string of the molecule is CC(N)C(=O)N1CCC2(CC1)OCCc1sc(-c3cccc(N)n3)cc12. The number of aromatic nitrogens is 1. The van der Waals surface area contributed by atoms with Gasteiger partial charge in [0.05, 0.1) is 28.8 Å². The molecule has 26 heavy (non-hydrogen) atoms. The zero-order valence-corrected chi connectivity index (χ0v) is 15.7. The Morgan fingerprint density at radius 3 is 2.85 bits per heavy atom. The average Bonchev–Trinajstić information content (AvgIpc) is 3.08. The standard InChI is InChI=1S/C19H24N4O2S/c1-12(20)18(24)23-8-6-19(7-9-23)13-11-16(26-15(13)5-10-25-19)14-3-2-4-17(21)22-14/h2-4,11-12H,5-10,20H2,1H3,(H2,21,22). The summed E-state index contributed by atoms with van der Waals surface area (Å²) in [6.07, 6.45) is 2.53. The van der Waals surface area contributed by atoms with E-state index in [4.69, 9.17) is 16.2 Å². The van der Waals surface area contributed by atoms with Crippen LogP contribution in [-0.4, -0.2) is 41.5 Å². The summed E-state index contributed by atoms with van der Waals surface area (Å²) >= 11 is 1.78. The van der Waals surface area contributed by atoms with E-state index in [-0.39, 0.29) is 11.5 Å². The van der Waals surface area contributed by atoms with Gasteiger partial charge in [0.1, 0.15) is 5.82 Å². The molecule has 1 amide bonds. The van der Waals surface area contributed by atoms with Gasteiger partial charge in [-0.2, -0.15) is 0 Å². The largest absolute Gasteiger partial charge is 0.384 e. The fourth-order valence-electron chi connectivity index (χ4n) is 3.92. The van der Waals surface area contributed by atoms with E-state index in [2.05, 4.69) is 11.1 Å². The number of nitrogens with two attached hydrogens (primary N) is 2. The molecule has 0 aliphatic carbocycles. The van der Waals surface area contributed by atoms with Gasteiger partial charge in [0.2, 0.25) is 5.91 Å². The number of amides is 1. The lowest BCUT2D eigenvalue weighted by Gasteiger charge is -2.44. The van der Waals surface area contributed by atoms with E-state index < -0.39 is 6.04 Å². The molecule has 1 atom stereocenters. The summed E-state index contributed by atoms with van der Waals surface area (Å²) in [5, 5.41) is 0. The van der Waals surface area contributed by atoms with Gasteiger partial charge in [-0.25, -0.2) is 4.98 Å². The quantitative estimate of drug-likeness (QED) is 0.842. The van der Waals surface area contributed by atoms with Crippen LogP contribution in [0.3, 0.4) is 0 Å². The van der Waals surface area contributed by atoms with Gasteiger partial charge in [-0.15, -0.1) is 11.3 Å². The monoisotopic (exact) mass is 372 g/mol. The van der Waals surface area contributed by atoms with Crippen molar-refractivity contribution in [1.29, 1.82) is 0 Å². The molecule has 1 saturated heterocycles. The molecule has 1 spiro atoms. The number of carbonyl (C=O) groups is 1. The van der Waals surface area contributed by atoms with Gasteiger partial charge in [-0.3, -0.25) is 4.79 Å². The number of thiophene rings is 1. The molecule has 2 aliphatic heterocycles. The third kappa shape index (κ3) is 3.00. The highest BCUT2D eigenvalue weighted by atomic mass is 32.1. The molecule has 6 nitrogen and oxygen atoms in total. The number of hydrogen-bond acceptors (Lipinski definition) is 6. The van der Waals surface area contributed by atoms with Crippen molar-refractivity contribution in [3.8, 4) is 10.6 Å². The Labute approximate surface area is 157 Å². The summed E-state index contributed by atoms with van der Waals surface area (Å²) in [5.74, 6) is 0.549. The normalized spacial score (nSPS) is 20.0. The summed E-state index contributed by atoms with van der Waals surface area (Å²) in [6, 6.07) is 7.48. The lowest BCUT2D eigenvalue weighted by atomic mass is 9.82. The van der Waals surface area contributed by atoms with Gasteiger partial charge in [0, 0.05) is 24.4 Å². The third-order valence-corrected chi connectivity index (χ3v) is 6.52. The van der Waals surface area contributed by atoms with Gasteiger partial charge in [-0.1, -0.05) is 6.07 Å². The second-order valence-corrected chi connectivity index (χ2v) is 8.24. The predicted molar refractivity (Wildman–Crippen MR) is 103 cm³/mol. The van der Waals surface area contributed by atoms with Crippen LogP contribution in [0.2, 0.25) is 0 Å². The number of ether oxygens (including phenoxy) is 1. The van der Waals surface area contributed by atoms with Crippen LogP contribution in [0.4, 0.5) is 5.82 Å². The zero-order chi connectivity index (χ0) is 18.3. The molecule has 2 aliphatic rings. The van der Waals surface area contributed by atoms with Crippen molar-refractivity contribution in [2.45, 2.75) is 37.8 Å². The first-order valence-corrected chi connectivity index (χ1v) is 9.85. The van der Waals surface area contributed by atoms with Crippen molar-refractivity contribution >= 4 is 23.1 Å². The Bertz CT molecular complexity index is 825. The van der Waals surface area contributed by atoms with E-state index in [9.17, 15) is 4.79 Å². The molecule has 7 heteroatoms. The molecule has 2 aromatic heterocycles. The number of carbonyl (C=O) groups excluding carboxylic acids is 1. The van der Waals surface area contributed by atoms with Crippen molar-refractivity contribution < 1.29 is 9.53 Å². The lowest BCUT2D eigenvalue weighted by molar-refractivity contribution is -0.141. The van der Waals surface area contributed by atoms with E-state index >= 15 is 0 Å². The topological polar surface area (TPSA) is 94.5 Å². The van der Waals surface area contributed by atoms with Crippen molar-refractivity contribution in [3.05, 3.63) is 34.7 Å². The summed E-state index contributed by atoms with van der Waals surface area (Å²) in [5.41, 5.74) is 13.5. The molecule has 0 saturated carbocycles. The average molecular weight is 372 g/mol. The molecule has 0 radical (unpaired) electrons. The first kappa shape index (κ1) is 17.5. The summed E-state index contributed by atoms with van der Waals surface area (Å²) in [6.45, 7) is 3.83. The smallest absolute Gasteiger partial charge is 0.239 e. The van der Waals surface area contributed by atoms with Gasteiger partial charge in [-0.05, 0) is 43.5 Å². The zero-order valence-electron chi connectivity index (χ0n) is 14.9. The van der Waals surface area contributed by atoms with Gasteiger partial charge < -0.3 is 21.1 Å². The van der Waals surface area contributed by atoms with E-state index in [1.807, 2.05) is 17.0 Å². The van der Waals surface area contributed by atoms with Crippen LogP contribution in [0.15, 0.2) is 24.3 Å². The summed E-state index contributed by atoms with van der Waals surface area (Å²) in [4.78, 5) is 21.0. The molecule has 1 fully saturated rings. The van der Waals surface area contributed by atoms with Crippen molar-refractivity contribution in [2.75, 3.05) is 25.4 Å². The maximum Gasteiger partial charge on any atom is 0.239 e. The highest BCUT2D eigenvalue weighted by Crippen LogP contribution is 2.46. The fourth-order valence-corrected chi connectivity index (χ4v) is 5.12. The Hall–Kier alpha value is -1.96. The number of fused-ring (bicyclic) bond motifs is 2. The van der Waals surface area contributed by atoms with E-state index in [0.29, 0.717) is 18.9 Å². The predicted octanol–water partition coefficient (Wildman–Crippen LogP) is 2.13. The number of anilines is 1. The van der Waals surface area contributed by atoms with Gasteiger partial charge >= 0.3 is 0 Å². The van der Waals surface area contributed by atoms with Crippen LogP contribution in [0.1, 0.15) is 30.2 Å². The van der Waals surface area contributed by atoms with Gasteiger partial charge in [0.25, 0.3) is 0 Å². The van der Waals surface area contributed by atoms with Crippen molar-refractivity contribution in [2.24, 2.45) is 5.73 Å². The number of likely N-dealkylation sites (tertiary alicyclic amines) is 1. The first-order chi connectivity index (χ1) is 12.5. The first-order valence-electron chi connectivity index (χ1n) is 9.03. The minimum atomic E-state index is -0.450. The molecule has 1 unspecified atom stereocenters. The second-order valence-electron chi connectivity index (χ2n) is 7.10. The number of piperidine rings is 1. The Balaban J connectivity index is 1.61. The summed E-state index contributed by atoms with van der Waals surface area (Å²) in [7, 11) is 0. The maximum atomic E-state index is 12.2. The maximum absolute atomic E-state index is 12.2. The number of nitrogens with zero attached hydrogens (tertiary/aromatic N) is 2. The highest BCUT2D eigenvalue weighted by Gasteiger charge is 2.43. The minimum Gasteiger partial charge on any atom is -0.384 e. The molecule has 4 rings (SSSR count). The van der Waals surface area contributed by atoms with Crippen LogP contribution in [0, 0.1) is 0 Å². The van der Waals surface area contributed by atoms with Crippen LogP contribution in [0.25, 0.3) is 10.6 Å². The van der Waals surface area contributed by atoms with E-state index in [1.54, 1.807) is 24.3 Å². The lowest BCUT2D eigenvalue weighted by Crippen LogP contribution is -2.51. The summed E-state index contributed by atoms with van der Waals surface area (Å²) < 4.78 is 6.29. The van der Waals surface area contributed by atoms with Crippen LogP contribution < -0.4 is 11.5 Å². The Kier molecular flexibility index (Phi) is 4.46. The van der Waals surface area contributed by atoms with Crippen molar-refractivity contribution in [3.63, 3.8) is 0 Å². The number of nitrogen functional groups attached to an aromatic ring is 1. The fraction of sp³-hybridized carbons (Fsp3) is 0.474. The highest BCUT2D eigenvalue weighted by molar-refractivity contribution is 7.15. The molecule has 4 N–H and O–H groups in total. The number of rotatable bonds is 2. The van der Waals surface area contributed by atoms with Gasteiger partial charge in [0.15, 0.2) is 0 Å². The number of pyridine rings is 1. The van der Waals surface area contributed by atoms with Crippen LogP contribution in [-0.2, 0) is 21.6 Å². The van der Waals surface area contributed by atoms with Crippen molar-refractivity contribution in [1.82, 2.24) is 9.88 Å². The molecule has 138 valence electrons. The third-order valence-electron chi connectivity index (χ3n) is 5.30. The minimum absolute atomic E-state index is 0.0193. The molecule has 4 heterocycles. The molecular weight excluding hydrogens is 348 g/mol. The second kappa shape index (κ2) is 6.64. The Morgan fingerprint density at radius 1 is 1.38 bits per heavy atom. The Morgan fingerprint density at radius 2 is 2.15 bits per heavy atom. The number of hydrogen-bond donors (Lipinski definition) is 2. The van der Waals surface area contributed by atoms with E-state index in [1.165, 1.54) is 10.4 Å². The molecular formula is C19H24N4O2S. The molecule has 0 bridgehead atoms. The molecule has 0 aromatic carbocycles. The van der Waals surface area contributed by atoms with E-state index in [0.717, 1.165) is 36.4 Å². The van der Waals surface area contributed by atoms with Crippen LogP contribution in [0.5, 0.6) is 0 Å².